The molecule has 3 N–H and O–H groups in total. The number of carbonyl (C=O) groups is 1. The van der Waals surface area contributed by atoms with Gasteiger partial charge in [0, 0.05) is 0 Å². The van der Waals surface area contributed by atoms with Crippen molar-refractivity contribution in [1.29, 1.82) is 0 Å². The first-order chi connectivity index (χ1) is 6.60. The topological polar surface area (TPSA) is 89.1 Å². The van der Waals surface area contributed by atoms with Gasteiger partial charge in [0.15, 0.2) is 5.71 Å². The van der Waals surface area contributed by atoms with Crippen LogP contribution in [0, 0.1) is 0 Å². The Labute approximate surface area is 102 Å². The molecular weight excluding hydrogens is 263 g/mol. The number of hydrogen-bond donors (Lipinski definition) is 2. The summed E-state index contributed by atoms with van der Waals surface area (Å²) >= 11 is 6.44. The van der Waals surface area contributed by atoms with E-state index in [0.29, 0.717) is 6.61 Å². The lowest BCUT2D eigenvalue weighted by atomic mass is 10.2. The number of oxime groups is 1. The van der Waals surface area contributed by atoms with Crippen LogP contribution in [0.1, 0.15) is 6.92 Å². The zero-order chi connectivity index (χ0) is 10.6. The van der Waals surface area contributed by atoms with Crippen LogP contribution >= 0.6 is 36.0 Å². The Balaban J connectivity index is 0.00000196. The maximum absolute atomic E-state index is 11.0. The summed E-state index contributed by atoms with van der Waals surface area (Å²) in [5.74, 6) is -1.39. The van der Waals surface area contributed by atoms with Crippen molar-refractivity contribution >= 4 is 52.5 Å². The predicted molar refractivity (Wildman–Crippen MR) is 63.3 cm³/mol. The fourth-order valence-electron chi connectivity index (χ4n) is 0.746. The van der Waals surface area contributed by atoms with Gasteiger partial charge in [0.05, 0.1) is 5.55 Å². The second-order valence-corrected chi connectivity index (χ2v) is 3.35. The third-order valence-electron chi connectivity index (χ3n) is 1.36. The van der Waals surface area contributed by atoms with Crippen LogP contribution in [0.4, 0.5) is 0 Å². The van der Waals surface area contributed by atoms with E-state index in [9.17, 15) is 4.79 Å². The molecular formula is C6H10Cl2N4O2S. The molecule has 1 rings (SSSR count). The minimum absolute atomic E-state index is 0. The van der Waals surface area contributed by atoms with Gasteiger partial charge in [0.1, 0.15) is 6.61 Å². The molecule has 1 atom stereocenters. The van der Waals surface area contributed by atoms with Gasteiger partial charge >= 0.3 is 0 Å². The van der Waals surface area contributed by atoms with Crippen LogP contribution in [0.25, 0.3) is 0 Å². The smallest absolute Gasteiger partial charge is 0.275 e. The summed E-state index contributed by atoms with van der Waals surface area (Å²) in [7, 11) is 0. The number of nitrogens with one attached hydrogen (secondary N) is 1. The molecule has 1 aliphatic heterocycles. The summed E-state index contributed by atoms with van der Waals surface area (Å²) in [4.78, 5) is 19.5. The second-order valence-electron chi connectivity index (χ2n) is 2.35. The van der Waals surface area contributed by atoms with Gasteiger partial charge in [-0.2, -0.15) is 0 Å². The fraction of sp³-hybridized carbons (Fsp3) is 0.500. The summed E-state index contributed by atoms with van der Waals surface area (Å²) in [5, 5.41) is 2.72. The first-order valence-corrected chi connectivity index (χ1v) is 5.01. The number of rotatable bonds is 4. The van der Waals surface area contributed by atoms with E-state index in [4.69, 9.17) is 22.2 Å². The fourth-order valence-corrected chi connectivity index (χ4v) is 1.53. The molecule has 86 valence electrons. The summed E-state index contributed by atoms with van der Waals surface area (Å²) in [6, 6.07) is 0. The van der Waals surface area contributed by atoms with Gasteiger partial charge < -0.3 is 4.84 Å². The summed E-state index contributed by atoms with van der Waals surface area (Å²) in [6.07, 6.45) is 0. The average molecular weight is 273 g/mol. The number of nitrogens with zero attached hydrogens (tertiary/aromatic N) is 2. The third kappa shape index (κ3) is 3.62. The zero-order valence-electron chi connectivity index (χ0n) is 7.77. The quantitative estimate of drug-likeness (QED) is 0.336. The number of carbonyl (C=O) groups excluding carboxylic acids is 1. The summed E-state index contributed by atoms with van der Waals surface area (Å²) < 4.78 is 2.68. The van der Waals surface area contributed by atoms with Crippen LogP contribution in [-0.4, -0.2) is 28.9 Å². The van der Waals surface area contributed by atoms with Crippen LogP contribution in [0.3, 0.4) is 0 Å². The normalized spacial score (nSPS) is 24.9. The Bertz CT molecular complexity index is 299. The van der Waals surface area contributed by atoms with Gasteiger partial charge in [-0.1, -0.05) is 5.16 Å². The molecule has 0 aliphatic carbocycles. The Morgan fingerprint density at radius 3 is 2.93 bits per heavy atom. The Morgan fingerprint density at radius 2 is 2.53 bits per heavy atom. The molecule has 1 aliphatic rings. The highest BCUT2D eigenvalue weighted by molar-refractivity contribution is 8.10. The van der Waals surface area contributed by atoms with E-state index in [2.05, 4.69) is 14.9 Å². The van der Waals surface area contributed by atoms with Crippen LogP contribution in [-0.2, 0) is 9.63 Å². The van der Waals surface area contributed by atoms with E-state index >= 15 is 0 Å². The highest BCUT2D eigenvalue weighted by Gasteiger charge is 2.38. The van der Waals surface area contributed by atoms with Gasteiger partial charge in [0.2, 0.25) is 5.79 Å². The van der Waals surface area contributed by atoms with E-state index in [0.717, 1.165) is 11.9 Å². The van der Waals surface area contributed by atoms with Crippen molar-refractivity contribution in [3.63, 3.8) is 0 Å². The second kappa shape index (κ2) is 6.29. The van der Waals surface area contributed by atoms with E-state index in [1.807, 2.05) is 0 Å². The molecule has 0 spiro atoms. The van der Waals surface area contributed by atoms with Gasteiger partial charge in [-0.25, -0.2) is 9.71 Å². The van der Waals surface area contributed by atoms with E-state index in [-0.39, 0.29) is 18.1 Å². The molecule has 0 bridgehead atoms. The molecule has 6 nitrogen and oxygen atoms in total. The highest BCUT2D eigenvalue weighted by atomic mass is 35.5. The van der Waals surface area contributed by atoms with Crippen molar-refractivity contribution in [1.82, 2.24) is 4.72 Å². The SMILES string of the molecule is CCO/N=C(\C(=O)Cl)C1(N)N=CSN1.Cl. The van der Waals surface area contributed by atoms with Crippen molar-refractivity contribution < 1.29 is 9.63 Å². The van der Waals surface area contributed by atoms with Gasteiger partial charge in [0.25, 0.3) is 5.24 Å². The summed E-state index contributed by atoms with van der Waals surface area (Å²) in [5.41, 5.74) is 6.99. The summed E-state index contributed by atoms with van der Waals surface area (Å²) in [6.45, 7) is 2.05. The minimum Gasteiger partial charge on any atom is -0.396 e. The van der Waals surface area contributed by atoms with E-state index < -0.39 is 11.0 Å². The first kappa shape index (κ1) is 14.7. The Kier molecular flexibility index (Phi) is 6.15. The van der Waals surface area contributed by atoms with E-state index in [1.165, 1.54) is 5.55 Å². The average Bonchev–Trinajstić information content (AvgIpc) is 2.53. The monoisotopic (exact) mass is 272 g/mol. The molecule has 1 heterocycles. The van der Waals surface area contributed by atoms with Gasteiger partial charge in [-0.3, -0.25) is 10.5 Å². The number of nitrogens with two attached hydrogens (primary N) is 1. The van der Waals surface area contributed by atoms with Crippen molar-refractivity contribution in [3.8, 4) is 0 Å². The van der Waals surface area contributed by atoms with Crippen LogP contribution < -0.4 is 10.5 Å². The number of aliphatic imine (C=N–C) groups is 1. The molecule has 0 amide bonds. The van der Waals surface area contributed by atoms with Crippen molar-refractivity contribution in [2.75, 3.05) is 6.61 Å². The number of halogens is 2. The van der Waals surface area contributed by atoms with Crippen molar-refractivity contribution in [2.45, 2.75) is 12.7 Å². The predicted octanol–water partition coefficient (Wildman–Crippen LogP) is 0.458. The molecule has 0 aromatic carbocycles. The zero-order valence-corrected chi connectivity index (χ0v) is 10.2. The molecule has 0 fully saturated rings. The first-order valence-electron chi connectivity index (χ1n) is 3.76. The molecule has 15 heavy (non-hydrogen) atoms. The highest BCUT2D eigenvalue weighted by Crippen LogP contribution is 2.15. The lowest BCUT2D eigenvalue weighted by molar-refractivity contribution is -0.106. The number of hydrogen-bond acceptors (Lipinski definition) is 7. The lowest BCUT2D eigenvalue weighted by Gasteiger charge is -2.18. The standard InChI is InChI=1S/C6H9ClN4O2S.ClH/c1-2-13-10-4(5(7)12)6(8)9-3-14-11-6;/h3,11H,2,8H2,1H3;1H/b10-4+;. The molecule has 0 radical (unpaired) electrons. The van der Waals surface area contributed by atoms with Crippen LogP contribution in [0.5, 0.6) is 0 Å². The molecule has 9 heteroatoms. The Hall–Kier alpha value is -0.340. The third-order valence-corrected chi connectivity index (χ3v) is 2.17. The maximum atomic E-state index is 11.0. The van der Waals surface area contributed by atoms with Gasteiger partial charge in [-0.05, 0) is 30.5 Å². The van der Waals surface area contributed by atoms with Gasteiger partial charge in [-0.15, -0.1) is 12.4 Å². The molecule has 0 saturated heterocycles. The van der Waals surface area contributed by atoms with Crippen molar-refractivity contribution in [2.24, 2.45) is 15.9 Å². The Morgan fingerprint density at radius 1 is 1.87 bits per heavy atom. The van der Waals surface area contributed by atoms with E-state index in [1.54, 1.807) is 6.92 Å². The van der Waals surface area contributed by atoms with Crippen LogP contribution in [0.2, 0.25) is 0 Å². The van der Waals surface area contributed by atoms with Crippen LogP contribution in [0.15, 0.2) is 10.1 Å². The molecule has 0 saturated carbocycles. The minimum atomic E-state index is -1.39. The maximum Gasteiger partial charge on any atom is 0.275 e. The van der Waals surface area contributed by atoms with Crippen molar-refractivity contribution in [3.05, 3.63) is 0 Å². The molecule has 0 aromatic heterocycles. The lowest BCUT2D eigenvalue weighted by Crippen LogP contribution is -2.55. The molecule has 0 aromatic rings. The largest absolute Gasteiger partial charge is 0.396 e. The molecule has 1 unspecified atom stereocenters.